The van der Waals surface area contributed by atoms with Crippen LogP contribution in [0.2, 0.25) is 0 Å². The van der Waals surface area contributed by atoms with Crippen LogP contribution < -0.4 is 5.56 Å². The van der Waals surface area contributed by atoms with E-state index in [1.807, 2.05) is 103 Å². The zero-order chi connectivity index (χ0) is 42.6. The van der Waals surface area contributed by atoms with Crippen molar-refractivity contribution < 1.29 is 4.42 Å². The summed E-state index contributed by atoms with van der Waals surface area (Å²) < 4.78 is 12.6. The Hall–Kier alpha value is -8.62. The second kappa shape index (κ2) is 13.7. The molecule has 302 valence electrons. The van der Waals surface area contributed by atoms with Gasteiger partial charge < -0.3 is 8.98 Å². The number of furan rings is 1. The number of rotatable bonds is 5. The summed E-state index contributed by atoms with van der Waals surface area (Å²) >= 11 is 0. The van der Waals surface area contributed by atoms with Gasteiger partial charge in [0.15, 0.2) is 11.6 Å². The minimum absolute atomic E-state index is 0.0982. The molecule has 5 heterocycles. The Morgan fingerprint density at radius 3 is 1.77 bits per heavy atom. The number of benzene rings is 8. The molecule has 0 N–H and O–H groups in total. The number of allylic oxidation sites excluding steroid dienone is 2. The number of aromatic nitrogens is 6. The van der Waals surface area contributed by atoms with Gasteiger partial charge in [-0.2, -0.15) is 9.97 Å². The minimum Gasteiger partial charge on any atom is -0.456 e. The van der Waals surface area contributed by atoms with Crippen LogP contribution >= 0.6 is 0 Å². The number of pyridine rings is 1. The Balaban J connectivity index is 1.12. The highest BCUT2D eigenvalue weighted by Crippen LogP contribution is 2.40. The molecule has 0 atom stereocenters. The highest BCUT2D eigenvalue weighted by Gasteiger charge is 2.23. The van der Waals surface area contributed by atoms with Crippen LogP contribution in [0.25, 0.3) is 127 Å². The summed E-state index contributed by atoms with van der Waals surface area (Å²) in [5.74, 6) is 1.49. The predicted molar refractivity (Wildman–Crippen MR) is 262 cm³/mol. The normalized spacial score (nSPS) is 12.4. The summed E-state index contributed by atoms with van der Waals surface area (Å²) in [7, 11) is 0. The lowest BCUT2D eigenvalue weighted by Crippen LogP contribution is -2.19. The van der Waals surface area contributed by atoms with Gasteiger partial charge in [-0.15, -0.1) is 0 Å². The van der Waals surface area contributed by atoms with Gasteiger partial charge in [0.2, 0.25) is 5.95 Å². The summed E-state index contributed by atoms with van der Waals surface area (Å²) in [6, 6.07) is 60.1. The molecule has 0 saturated carbocycles. The Morgan fingerprint density at radius 1 is 0.453 bits per heavy atom. The molecule has 64 heavy (non-hydrogen) atoms. The molecular weight excluding hydrogens is 789 g/mol. The van der Waals surface area contributed by atoms with Gasteiger partial charge in [-0.05, 0) is 86.0 Å². The zero-order valence-corrected chi connectivity index (χ0v) is 34.8. The van der Waals surface area contributed by atoms with Crippen molar-refractivity contribution in [2.24, 2.45) is 0 Å². The van der Waals surface area contributed by atoms with Gasteiger partial charge in [-0.25, -0.2) is 4.98 Å². The van der Waals surface area contributed by atoms with E-state index in [2.05, 4.69) is 106 Å². The lowest BCUT2D eigenvalue weighted by Gasteiger charge is -2.16. The van der Waals surface area contributed by atoms with Crippen molar-refractivity contribution in [1.82, 2.24) is 28.7 Å². The Morgan fingerprint density at radius 2 is 1.03 bits per heavy atom. The molecule has 0 fully saturated rings. The highest BCUT2D eigenvalue weighted by atomic mass is 16.3. The topological polar surface area (TPSA) is 83.7 Å². The summed E-state index contributed by atoms with van der Waals surface area (Å²) in [5.41, 5.74) is 9.78. The van der Waals surface area contributed by atoms with E-state index in [0.717, 1.165) is 104 Å². The van der Waals surface area contributed by atoms with Crippen molar-refractivity contribution in [2.45, 2.75) is 13.8 Å². The fourth-order valence-corrected chi connectivity index (χ4v) is 9.77. The summed E-state index contributed by atoms with van der Waals surface area (Å²) in [6.45, 7) is 3.98. The lowest BCUT2D eigenvalue weighted by atomic mass is 10.0. The quantitative estimate of drug-likeness (QED) is 0.161. The van der Waals surface area contributed by atoms with E-state index < -0.39 is 0 Å². The molecule has 0 amide bonds. The van der Waals surface area contributed by atoms with Crippen LogP contribution in [0.15, 0.2) is 191 Å². The van der Waals surface area contributed by atoms with E-state index in [9.17, 15) is 0 Å². The van der Waals surface area contributed by atoms with Gasteiger partial charge in [-0.1, -0.05) is 115 Å². The summed E-state index contributed by atoms with van der Waals surface area (Å²) in [6.07, 6.45) is 2.00. The molecule has 13 aromatic rings. The first-order valence-electron chi connectivity index (χ1n) is 21.4. The van der Waals surface area contributed by atoms with E-state index in [0.29, 0.717) is 23.0 Å². The van der Waals surface area contributed by atoms with Crippen LogP contribution in [-0.2, 0) is 0 Å². The van der Waals surface area contributed by atoms with Crippen molar-refractivity contribution in [2.75, 3.05) is 0 Å². The van der Waals surface area contributed by atoms with Crippen molar-refractivity contribution in [1.29, 1.82) is 0 Å². The molecule has 0 aliphatic rings. The molecule has 0 unspecified atom stereocenters. The standard InChI is InChI=1S/C56H36N6O2/c1-3-33(2)60-49-32-50-43(37-20-10-13-23-46(37)61(50)36-18-8-5-9-19-36)30-44(49)41-29-42-38-21-11-14-24-47(38)62(48(42)31-45(41)55(60)63)56-58-53(34-16-6-4-7-17-34)57-54(59-56)35-26-27-40-39-22-12-15-25-51(39)64-52(40)28-35/h3-32H,1-2H3/b33-3+. The molecule has 13 rings (SSSR count). The molecule has 5 aromatic heterocycles. The molecular formula is C56H36N6O2. The number of fused-ring (bicyclic) bond motifs is 12. The van der Waals surface area contributed by atoms with E-state index in [1.54, 1.807) is 0 Å². The molecule has 0 radical (unpaired) electrons. The van der Waals surface area contributed by atoms with Crippen molar-refractivity contribution >= 4 is 92.9 Å². The van der Waals surface area contributed by atoms with E-state index in [-0.39, 0.29) is 5.56 Å². The smallest absolute Gasteiger partial charge is 0.263 e. The molecule has 0 aliphatic carbocycles. The second-order valence-electron chi connectivity index (χ2n) is 16.4. The van der Waals surface area contributed by atoms with Crippen LogP contribution in [0, 0.1) is 0 Å². The van der Waals surface area contributed by atoms with Crippen molar-refractivity contribution in [3.05, 3.63) is 192 Å². The Labute approximate surface area is 365 Å². The molecule has 8 aromatic carbocycles. The van der Waals surface area contributed by atoms with E-state index in [4.69, 9.17) is 19.4 Å². The number of hydrogen-bond acceptors (Lipinski definition) is 5. The van der Waals surface area contributed by atoms with Crippen LogP contribution in [0.5, 0.6) is 0 Å². The van der Waals surface area contributed by atoms with Crippen LogP contribution in [0.1, 0.15) is 13.8 Å². The molecule has 8 nitrogen and oxygen atoms in total. The van der Waals surface area contributed by atoms with Gasteiger partial charge in [0.1, 0.15) is 11.2 Å². The van der Waals surface area contributed by atoms with Crippen LogP contribution in [0.4, 0.5) is 0 Å². The van der Waals surface area contributed by atoms with Gasteiger partial charge in [0, 0.05) is 60.2 Å². The molecule has 0 saturated heterocycles. The third-order valence-corrected chi connectivity index (χ3v) is 12.8. The van der Waals surface area contributed by atoms with Gasteiger partial charge in [0.25, 0.3) is 5.56 Å². The Kier molecular flexibility index (Phi) is 7.72. The summed E-state index contributed by atoms with van der Waals surface area (Å²) in [4.78, 5) is 30.7. The maximum atomic E-state index is 15.2. The average molecular weight is 825 g/mol. The highest BCUT2D eigenvalue weighted by molar-refractivity contribution is 6.22. The fourth-order valence-electron chi connectivity index (χ4n) is 9.77. The number of para-hydroxylation sites is 4. The van der Waals surface area contributed by atoms with Crippen LogP contribution in [-0.4, -0.2) is 28.7 Å². The lowest BCUT2D eigenvalue weighted by molar-refractivity contribution is 0.669. The minimum atomic E-state index is -0.0982. The van der Waals surface area contributed by atoms with Crippen molar-refractivity contribution in [3.63, 3.8) is 0 Å². The largest absolute Gasteiger partial charge is 0.456 e. The van der Waals surface area contributed by atoms with Gasteiger partial charge >= 0.3 is 0 Å². The zero-order valence-electron chi connectivity index (χ0n) is 34.8. The Bertz CT molecular complexity index is 4170. The third kappa shape index (κ3) is 5.23. The SMILES string of the molecule is C/C=C(\C)n1c(=O)c2cc3c(cc2c2cc4c5ccccc5n(-c5ccccc5)c4cc21)c1ccccc1n3-c1nc(-c2ccccc2)nc(-c2ccc3c(c2)oc2ccccc23)n1. The monoisotopic (exact) mass is 824 g/mol. The predicted octanol–water partition coefficient (Wildman–Crippen LogP) is 13.6. The third-order valence-electron chi connectivity index (χ3n) is 12.8. The maximum Gasteiger partial charge on any atom is 0.263 e. The first-order chi connectivity index (χ1) is 31.5. The van der Waals surface area contributed by atoms with Crippen LogP contribution in [0.3, 0.4) is 0 Å². The molecule has 8 heteroatoms. The van der Waals surface area contributed by atoms with Gasteiger partial charge in [-0.3, -0.25) is 13.9 Å². The van der Waals surface area contributed by atoms with E-state index in [1.165, 1.54) is 0 Å². The first-order valence-corrected chi connectivity index (χ1v) is 21.4. The van der Waals surface area contributed by atoms with Gasteiger partial charge in [0.05, 0.1) is 33.0 Å². The number of hydrogen-bond donors (Lipinski definition) is 0. The fraction of sp³-hybridized carbons (Fsp3) is 0.0357. The average Bonchev–Trinajstić information content (AvgIpc) is 4.00. The molecule has 0 bridgehead atoms. The van der Waals surface area contributed by atoms with Crippen molar-refractivity contribution in [3.8, 4) is 34.4 Å². The maximum absolute atomic E-state index is 15.2. The second-order valence-corrected chi connectivity index (χ2v) is 16.4. The molecule has 0 aliphatic heterocycles. The number of nitrogens with zero attached hydrogens (tertiary/aromatic N) is 6. The van der Waals surface area contributed by atoms with E-state index >= 15 is 4.79 Å². The summed E-state index contributed by atoms with van der Waals surface area (Å²) in [5, 5.41) is 8.84. The molecule has 0 spiro atoms. The first kappa shape index (κ1) is 36.1.